The van der Waals surface area contributed by atoms with E-state index in [4.69, 9.17) is 4.74 Å². The molecule has 0 unspecified atom stereocenters. The monoisotopic (exact) mass is 312 g/mol. The molecule has 120 valence electrons. The molecule has 0 aliphatic carbocycles. The van der Waals surface area contributed by atoms with Crippen molar-refractivity contribution in [1.29, 1.82) is 0 Å². The zero-order valence-corrected chi connectivity index (χ0v) is 13.7. The largest absolute Gasteiger partial charge is 0.471 e. The zero-order chi connectivity index (χ0) is 16.4. The topological polar surface area (TPSA) is 37.9 Å². The predicted octanol–water partition coefficient (Wildman–Crippen LogP) is 4.85. The van der Waals surface area contributed by atoms with Gasteiger partial charge in [-0.3, -0.25) is 0 Å². The van der Waals surface area contributed by atoms with E-state index in [2.05, 4.69) is 30.7 Å². The summed E-state index contributed by atoms with van der Waals surface area (Å²) in [5.41, 5.74) is 5.50. The number of H-pyrrole nitrogens is 1. The molecule has 0 aliphatic rings. The molecule has 0 bridgehead atoms. The van der Waals surface area contributed by atoms with E-state index >= 15 is 0 Å². The second kappa shape index (κ2) is 6.41. The summed E-state index contributed by atoms with van der Waals surface area (Å²) in [5, 5.41) is 1.22. The fourth-order valence-corrected chi connectivity index (χ4v) is 2.85. The van der Waals surface area contributed by atoms with Gasteiger partial charge in [0.05, 0.1) is 0 Å². The number of aromatic amines is 1. The number of fused-ring (bicyclic) bond motifs is 1. The van der Waals surface area contributed by atoms with Gasteiger partial charge in [0, 0.05) is 17.3 Å². The van der Waals surface area contributed by atoms with Gasteiger partial charge in [-0.15, -0.1) is 0 Å². The average Bonchev–Trinajstić information content (AvgIpc) is 2.84. The van der Waals surface area contributed by atoms with Crippen LogP contribution in [0.25, 0.3) is 10.9 Å². The first-order valence-electron chi connectivity index (χ1n) is 7.94. The first-order valence-corrected chi connectivity index (χ1v) is 7.94. The van der Waals surface area contributed by atoms with Gasteiger partial charge in [-0.25, -0.2) is 9.37 Å². The van der Waals surface area contributed by atoms with Crippen molar-refractivity contribution < 1.29 is 9.13 Å². The summed E-state index contributed by atoms with van der Waals surface area (Å²) in [6.07, 6.45) is 3.99. The highest BCUT2D eigenvalue weighted by Gasteiger charge is 2.14. The molecule has 3 rings (SSSR count). The molecule has 0 atom stereocenters. The average molecular weight is 312 g/mol. The molecule has 0 saturated carbocycles. The highest BCUT2D eigenvalue weighted by Crippen LogP contribution is 2.31. The highest BCUT2D eigenvalue weighted by atomic mass is 19.1. The van der Waals surface area contributed by atoms with Crippen molar-refractivity contribution in [2.45, 2.75) is 40.2 Å². The first kappa shape index (κ1) is 15.5. The fourth-order valence-electron chi connectivity index (χ4n) is 2.85. The third-order valence-electron chi connectivity index (χ3n) is 4.18. The van der Waals surface area contributed by atoms with E-state index in [0.717, 1.165) is 29.6 Å². The molecule has 4 heteroatoms. The molecule has 1 aromatic carbocycles. The summed E-state index contributed by atoms with van der Waals surface area (Å²) in [6.45, 7) is 6.72. The lowest BCUT2D eigenvalue weighted by molar-refractivity contribution is 0.297. The van der Waals surface area contributed by atoms with Crippen LogP contribution < -0.4 is 4.74 Å². The zero-order valence-electron chi connectivity index (χ0n) is 13.7. The third-order valence-corrected chi connectivity index (χ3v) is 4.18. The second-order valence-corrected chi connectivity index (χ2v) is 5.88. The van der Waals surface area contributed by atoms with Crippen LogP contribution in [0.15, 0.2) is 30.5 Å². The van der Waals surface area contributed by atoms with Crippen LogP contribution in [0.3, 0.4) is 0 Å². The maximum absolute atomic E-state index is 13.0. The normalized spacial score (nSPS) is 11.1. The molecule has 3 aromatic rings. The van der Waals surface area contributed by atoms with Gasteiger partial charge in [0.2, 0.25) is 5.88 Å². The number of halogens is 1. The van der Waals surface area contributed by atoms with E-state index in [1.165, 1.54) is 28.6 Å². The summed E-state index contributed by atoms with van der Waals surface area (Å²) in [6, 6.07) is 6.33. The molecule has 2 aromatic heterocycles. The Morgan fingerprint density at radius 3 is 2.61 bits per heavy atom. The van der Waals surface area contributed by atoms with Crippen LogP contribution in [0.5, 0.6) is 5.88 Å². The summed E-state index contributed by atoms with van der Waals surface area (Å²) in [4.78, 5) is 7.88. The Labute approximate surface area is 135 Å². The van der Waals surface area contributed by atoms with E-state index in [1.807, 2.05) is 6.20 Å². The van der Waals surface area contributed by atoms with Gasteiger partial charge in [0.15, 0.2) is 0 Å². The van der Waals surface area contributed by atoms with Crippen LogP contribution >= 0.6 is 0 Å². The molecule has 0 fully saturated rings. The lowest BCUT2D eigenvalue weighted by Gasteiger charge is -2.09. The van der Waals surface area contributed by atoms with Gasteiger partial charge >= 0.3 is 0 Å². The number of nitrogens with one attached hydrogen (secondary N) is 1. The smallest absolute Gasteiger partial charge is 0.238 e. The minimum atomic E-state index is -0.242. The molecule has 0 radical (unpaired) electrons. The van der Waals surface area contributed by atoms with Gasteiger partial charge in [0.25, 0.3) is 0 Å². The minimum absolute atomic E-state index is 0.242. The van der Waals surface area contributed by atoms with Crippen LogP contribution in [0.4, 0.5) is 4.39 Å². The van der Waals surface area contributed by atoms with E-state index in [-0.39, 0.29) is 5.82 Å². The molecule has 1 N–H and O–H groups in total. The van der Waals surface area contributed by atoms with E-state index in [1.54, 1.807) is 12.1 Å². The Bertz CT molecular complexity index is 821. The predicted molar refractivity (Wildman–Crippen MR) is 90.3 cm³/mol. The Hall–Kier alpha value is -2.36. The van der Waals surface area contributed by atoms with Gasteiger partial charge in [-0.2, -0.15) is 0 Å². The molecule has 2 heterocycles. The van der Waals surface area contributed by atoms with Gasteiger partial charge in [-0.1, -0.05) is 25.5 Å². The standard InChI is InChI=1S/C19H21FN2O/c1-4-5-15-10-21-19(18-17(15)12(2)13(3)22-18)23-11-14-6-8-16(20)9-7-14/h6-10,22H,4-5,11H2,1-3H3. The maximum atomic E-state index is 13.0. The van der Waals surface area contributed by atoms with Crippen LogP contribution in [-0.2, 0) is 13.0 Å². The van der Waals surface area contributed by atoms with Crippen molar-refractivity contribution in [2.75, 3.05) is 0 Å². The first-order chi connectivity index (χ1) is 11.1. The third kappa shape index (κ3) is 3.07. The molecule has 0 aliphatic heterocycles. The summed E-state index contributed by atoms with van der Waals surface area (Å²) in [5.74, 6) is 0.356. The van der Waals surface area contributed by atoms with E-state index < -0.39 is 0 Å². The molecular formula is C19H21FN2O. The van der Waals surface area contributed by atoms with Crippen molar-refractivity contribution in [3.8, 4) is 5.88 Å². The number of hydrogen-bond donors (Lipinski definition) is 1. The Balaban J connectivity index is 1.93. The van der Waals surface area contributed by atoms with Crippen LogP contribution in [0, 0.1) is 19.7 Å². The van der Waals surface area contributed by atoms with Gasteiger partial charge in [0.1, 0.15) is 17.9 Å². The van der Waals surface area contributed by atoms with E-state index in [0.29, 0.717) is 12.5 Å². The summed E-state index contributed by atoms with van der Waals surface area (Å²) >= 11 is 0. The number of rotatable bonds is 5. The quantitative estimate of drug-likeness (QED) is 0.731. The Morgan fingerprint density at radius 1 is 1.17 bits per heavy atom. The fraction of sp³-hybridized carbons (Fsp3) is 0.316. The molecule has 0 spiro atoms. The van der Waals surface area contributed by atoms with Crippen molar-refractivity contribution in [3.05, 3.63) is 58.7 Å². The number of hydrogen-bond acceptors (Lipinski definition) is 2. The second-order valence-electron chi connectivity index (χ2n) is 5.88. The number of aryl methyl sites for hydroxylation is 3. The minimum Gasteiger partial charge on any atom is -0.471 e. The van der Waals surface area contributed by atoms with Crippen molar-refractivity contribution >= 4 is 10.9 Å². The number of aromatic nitrogens is 2. The summed E-state index contributed by atoms with van der Waals surface area (Å²) < 4.78 is 18.8. The Morgan fingerprint density at radius 2 is 1.91 bits per heavy atom. The lowest BCUT2D eigenvalue weighted by Crippen LogP contribution is -1.99. The molecule has 23 heavy (non-hydrogen) atoms. The van der Waals surface area contributed by atoms with Gasteiger partial charge in [-0.05, 0) is 49.1 Å². The number of pyridine rings is 1. The molecule has 3 nitrogen and oxygen atoms in total. The SMILES string of the molecule is CCCc1cnc(OCc2ccc(F)cc2)c2[nH]c(C)c(C)c12. The van der Waals surface area contributed by atoms with Crippen molar-refractivity contribution in [3.63, 3.8) is 0 Å². The Kier molecular flexibility index (Phi) is 4.33. The van der Waals surface area contributed by atoms with Gasteiger partial charge < -0.3 is 9.72 Å². The maximum Gasteiger partial charge on any atom is 0.238 e. The van der Waals surface area contributed by atoms with Crippen molar-refractivity contribution in [1.82, 2.24) is 9.97 Å². The van der Waals surface area contributed by atoms with Crippen LogP contribution in [-0.4, -0.2) is 9.97 Å². The van der Waals surface area contributed by atoms with Crippen LogP contribution in [0.1, 0.15) is 35.7 Å². The number of nitrogens with zero attached hydrogens (tertiary/aromatic N) is 1. The van der Waals surface area contributed by atoms with Crippen LogP contribution in [0.2, 0.25) is 0 Å². The lowest BCUT2D eigenvalue weighted by atomic mass is 10.0. The summed E-state index contributed by atoms with van der Waals surface area (Å²) in [7, 11) is 0. The molecular weight excluding hydrogens is 291 g/mol. The molecule has 0 amide bonds. The highest BCUT2D eigenvalue weighted by molar-refractivity contribution is 5.90. The number of ether oxygens (including phenoxy) is 1. The van der Waals surface area contributed by atoms with Crippen molar-refractivity contribution in [2.24, 2.45) is 0 Å². The number of benzene rings is 1. The molecule has 0 saturated heterocycles. The van der Waals surface area contributed by atoms with E-state index in [9.17, 15) is 4.39 Å².